The molecule has 48 heavy (non-hydrogen) atoms. The Hall–Kier alpha value is -2.03. The average Bonchev–Trinajstić information content (AvgIpc) is 3.21. The van der Waals surface area contributed by atoms with Crippen molar-refractivity contribution in [2.45, 2.75) is 124 Å². The number of fused-ring (bicyclic) bond motifs is 5. The summed E-state index contributed by atoms with van der Waals surface area (Å²) < 4.78 is 23.5. The first-order valence-electron chi connectivity index (χ1n) is 17.6. The third kappa shape index (κ3) is 3.66. The van der Waals surface area contributed by atoms with Crippen LogP contribution in [0.25, 0.3) is 0 Å². The molecule has 1 aromatic rings. The monoisotopic (exact) mass is 673 g/mol. The molecule has 3 saturated heterocycles. The van der Waals surface area contributed by atoms with E-state index in [1.807, 2.05) is 6.92 Å². The number of nitrogens with zero attached hydrogens (tertiary/aromatic N) is 1. The number of rotatable bonds is 4. The summed E-state index contributed by atoms with van der Waals surface area (Å²) in [5.74, 6) is -3.63. The molecule has 1 aromatic carbocycles. The van der Waals surface area contributed by atoms with Gasteiger partial charge in [0, 0.05) is 55.1 Å². The van der Waals surface area contributed by atoms with E-state index in [1.165, 1.54) is 20.3 Å². The van der Waals surface area contributed by atoms with Crippen LogP contribution in [0.4, 0.5) is 0 Å². The minimum absolute atomic E-state index is 0.101. The number of carbonyl (C=O) groups excluding carboxylic acids is 1. The van der Waals surface area contributed by atoms with Crippen molar-refractivity contribution in [2.24, 2.45) is 29.1 Å². The van der Waals surface area contributed by atoms with Gasteiger partial charge in [-0.3, -0.25) is 4.90 Å². The molecule has 4 saturated carbocycles. The molecule has 1 spiro atoms. The topological polar surface area (TPSA) is 179 Å². The van der Waals surface area contributed by atoms with Crippen LogP contribution in [0.15, 0.2) is 18.2 Å². The first-order valence-corrected chi connectivity index (χ1v) is 17.6. The Kier molecular flexibility index (Phi) is 6.94. The summed E-state index contributed by atoms with van der Waals surface area (Å²) in [7, 11) is 2.97. The Balaban J connectivity index is 1.16. The maximum atomic E-state index is 13.5. The minimum Gasteiger partial charge on any atom is -0.493 e. The van der Waals surface area contributed by atoms with E-state index in [1.54, 1.807) is 19.1 Å². The molecule has 7 aliphatic rings. The fourth-order valence-corrected chi connectivity index (χ4v) is 12.6. The van der Waals surface area contributed by atoms with Crippen LogP contribution in [0.1, 0.15) is 82.5 Å². The number of carbonyl (C=O) groups is 1. The maximum Gasteiger partial charge on any atom is 0.338 e. The second-order valence-corrected chi connectivity index (χ2v) is 16.8. The molecular weight excluding hydrogens is 622 g/mol. The lowest BCUT2D eigenvalue weighted by molar-refractivity contribution is -0.354. The Morgan fingerprint density at radius 2 is 1.60 bits per heavy atom. The zero-order chi connectivity index (χ0) is 34.4. The number of benzene rings is 1. The van der Waals surface area contributed by atoms with Crippen molar-refractivity contribution in [1.82, 2.24) is 4.90 Å². The summed E-state index contributed by atoms with van der Waals surface area (Å²) in [6.45, 7) is 6.57. The van der Waals surface area contributed by atoms with E-state index in [0.717, 1.165) is 6.42 Å². The largest absolute Gasteiger partial charge is 0.493 e. The standard InChI is InChI=1S/C36H51NO11/c1-19-6-11-26-31(3,40)35(43)25(17-37(26)16-19)33(42)18-34-24(32(33,41)15-27(35)38)10-9-23-30(34,2)13-12-28(36(23,44)48-34)47-29(39)20-7-8-21(45-4)22(14-20)46-5/h7-8,14,19,23-28,38,40-44H,6,9-13,15-18H2,1-5H3/t19?,23?,24?,25?,26?,27-,28?,30-,31+,32+,33+,34-,35-,36-/m0/s1. The number of hydrogen-bond acceptors (Lipinski definition) is 12. The molecule has 4 aliphatic carbocycles. The van der Waals surface area contributed by atoms with E-state index in [9.17, 15) is 35.4 Å². The first kappa shape index (κ1) is 33.1. The van der Waals surface area contributed by atoms with E-state index in [-0.39, 0.29) is 24.9 Å². The molecule has 0 amide bonds. The van der Waals surface area contributed by atoms with E-state index in [0.29, 0.717) is 56.1 Å². The molecule has 3 aliphatic heterocycles. The summed E-state index contributed by atoms with van der Waals surface area (Å²) in [6, 6.07) is 4.28. The lowest BCUT2D eigenvalue weighted by Gasteiger charge is -2.68. The number of hydrogen-bond donors (Lipinski definition) is 6. The minimum atomic E-state index is -2.10. The van der Waals surface area contributed by atoms with Crippen LogP contribution in [-0.2, 0) is 9.47 Å². The fraction of sp³-hybridized carbons (Fsp3) is 0.806. The number of aliphatic hydroxyl groups is 6. The SMILES string of the molecule is COc1ccc(C(=O)OC2CC[C@@]3(C)C4CCC5[C@]6(O)C[C@H](O)[C@@]7(O)C(CN8CC(C)CCC8[C@@]7(C)O)[C@]6(O)C[C@]53O[C@]24O)cc1OC. The van der Waals surface area contributed by atoms with Gasteiger partial charge in [0.05, 0.1) is 31.5 Å². The average molecular weight is 674 g/mol. The van der Waals surface area contributed by atoms with Gasteiger partial charge in [0.1, 0.15) is 22.4 Å². The van der Waals surface area contributed by atoms with Gasteiger partial charge in [0.15, 0.2) is 17.6 Å². The van der Waals surface area contributed by atoms with Crippen LogP contribution in [0.5, 0.6) is 11.5 Å². The van der Waals surface area contributed by atoms with E-state index in [2.05, 4.69) is 11.8 Å². The van der Waals surface area contributed by atoms with Crippen LogP contribution >= 0.6 is 0 Å². The van der Waals surface area contributed by atoms with Crippen LogP contribution in [0.2, 0.25) is 0 Å². The molecule has 3 heterocycles. The van der Waals surface area contributed by atoms with Crippen molar-refractivity contribution in [3.8, 4) is 11.5 Å². The summed E-state index contributed by atoms with van der Waals surface area (Å²) in [5, 5.41) is 74.7. The van der Waals surface area contributed by atoms with Crippen LogP contribution in [-0.4, -0.2) is 121 Å². The normalized spacial score (nSPS) is 53.6. The van der Waals surface area contributed by atoms with Crippen LogP contribution < -0.4 is 9.47 Å². The van der Waals surface area contributed by atoms with Gasteiger partial charge in [0.25, 0.3) is 0 Å². The summed E-state index contributed by atoms with van der Waals surface area (Å²) >= 11 is 0. The molecule has 12 heteroatoms. The zero-order valence-corrected chi connectivity index (χ0v) is 28.5. The molecular formula is C36H51NO11. The van der Waals surface area contributed by atoms with Gasteiger partial charge in [-0.05, 0) is 69.6 Å². The van der Waals surface area contributed by atoms with Gasteiger partial charge in [-0.2, -0.15) is 0 Å². The molecule has 6 N–H and O–H groups in total. The molecule has 12 nitrogen and oxygen atoms in total. The van der Waals surface area contributed by atoms with Crippen molar-refractivity contribution in [3.63, 3.8) is 0 Å². The highest BCUT2D eigenvalue weighted by molar-refractivity contribution is 5.90. The third-order valence-electron chi connectivity index (χ3n) is 14.9. The summed E-state index contributed by atoms with van der Waals surface area (Å²) in [5.41, 5.74) is -9.44. The summed E-state index contributed by atoms with van der Waals surface area (Å²) in [6.07, 6.45) is 0.172. The Bertz CT molecular complexity index is 1520. The number of esters is 1. The fourth-order valence-electron chi connectivity index (χ4n) is 12.6. The number of piperidine rings is 2. The first-order chi connectivity index (χ1) is 22.5. The second-order valence-electron chi connectivity index (χ2n) is 16.8. The zero-order valence-electron chi connectivity index (χ0n) is 28.5. The molecule has 8 rings (SSSR count). The van der Waals surface area contributed by atoms with Crippen molar-refractivity contribution >= 4 is 5.97 Å². The van der Waals surface area contributed by atoms with Gasteiger partial charge in [0.2, 0.25) is 5.79 Å². The maximum absolute atomic E-state index is 13.5. The van der Waals surface area contributed by atoms with Gasteiger partial charge in [-0.15, -0.1) is 0 Å². The van der Waals surface area contributed by atoms with E-state index >= 15 is 0 Å². The van der Waals surface area contributed by atoms with Gasteiger partial charge in [-0.1, -0.05) is 13.8 Å². The smallest absolute Gasteiger partial charge is 0.338 e. The van der Waals surface area contributed by atoms with Crippen molar-refractivity contribution in [3.05, 3.63) is 23.8 Å². The number of methoxy groups -OCH3 is 2. The Morgan fingerprint density at radius 3 is 2.31 bits per heavy atom. The molecule has 266 valence electrons. The lowest BCUT2D eigenvalue weighted by Crippen LogP contribution is -2.85. The van der Waals surface area contributed by atoms with Gasteiger partial charge >= 0.3 is 5.97 Å². The van der Waals surface area contributed by atoms with Crippen molar-refractivity contribution in [2.75, 3.05) is 27.3 Å². The number of aliphatic hydroxyl groups excluding tert-OH is 1. The molecule has 4 bridgehead atoms. The lowest BCUT2D eigenvalue weighted by atomic mass is 9.49. The van der Waals surface area contributed by atoms with Crippen molar-refractivity contribution in [1.29, 1.82) is 0 Å². The van der Waals surface area contributed by atoms with E-state index in [4.69, 9.17) is 18.9 Å². The third-order valence-corrected chi connectivity index (χ3v) is 14.9. The van der Waals surface area contributed by atoms with E-state index < -0.39 is 81.2 Å². The predicted octanol–water partition coefficient (Wildman–Crippen LogP) is 1.36. The molecule has 0 aromatic heterocycles. The Labute approximate surface area is 280 Å². The molecule has 14 atom stereocenters. The highest BCUT2D eigenvalue weighted by atomic mass is 16.7. The highest BCUT2D eigenvalue weighted by Crippen LogP contribution is 2.78. The van der Waals surface area contributed by atoms with Gasteiger partial charge in [-0.25, -0.2) is 4.79 Å². The molecule has 6 unspecified atom stereocenters. The Morgan fingerprint density at radius 1 is 0.896 bits per heavy atom. The van der Waals surface area contributed by atoms with Gasteiger partial charge < -0.3 is 49.6 Å². The van der Waals surface area contributed by atoms with Crippen LogP contribution in [0.3, 0.4) is 0 Å². The number of ether oxygens (including phenoxy) is 4. The van der Waals surface area contributed by atoms with Crippen molar-refractivity contribution < 1.29 is 54.4 Å². The summed E-state index contributed by atoms with van der Waals surface area (Å²) in [4.78, 5) is 15.6. The molecule has 7 fully saturated rings. The quantitative estimate of drug-likeness (QED) is 0.253. The van der Waals surface area contributed by atoms with Crippen LogP contribution in [0, 0.1) is 29.1 Å². The predicted molar refractivity (Wildman–Crippen MR) is 169 cm³/mol. The molecule has 0 radical (unpaired) electrons. The highest BCUT2D eigenvalue weighted by Gasteiger charge is 2.88. The second kappa shape index (κ2) is 10.1.